The summed E-state index contributed by atoms with van der Waals surface area (Å²) in [5.74, 6) is 0.929. The van der Waals surface area contributed by atoms with Crippen LogP contribution >= 0.6 is 0 Å². The number of rotatable bonds is 0. The number of nitrogens with zero attached hydrogens (tertiary/aromatic N) is 2. The minimum Gasteiger partial charge on any atom is -0.241 e. The minimum absolute atomic E-state index is 0.0215. The molecule has 1 heterocycles. The van der Waals surface area contributed by atoms with Gasteiger partial charge < -0.3 is 0 Å². The van der Waals surface area contributed by atoms with E-state index in [2.05, 4.69) is 53.5 Å². The fraction of sp³-hybridized carbons (Fsp3) is 0.733. The van der Waals surface area contributed by atoms with E-state index in [1.54, 1.807) is 0 Å². The number of aromatic nitrogens is 2. The van der Waals surface area contributed by atoms with Crippen LogP contribution in [0, 0.1) is 6.92 Å². The number of hydrogen-bond donors (Lipinski definition) is 0. The third-order valence-corrected chi connectivity index (χ3v) is 2.35. The summed E-state index contributed by atoms with van der Waals surface area (Å²) >= 11 is 0. The Labute approximate surface area is 107 Å². The second kappa shape index (κ2) is 5.61. The van der Waals surface area contributed by atoms with Gasteiger partial charge in [0.15, 0.2) is 0 Å². The van der Waals surface area contributed by atoms with Crippen molar-refractivity contribution in [3.05, 3.63) is 23.3 Å². The predicted molar refractivity (Wildman–Crippen MR) is 75.5 cm³/mol. The molecule has 2 nitrogen and oxygen atoms in total. The highest BCUT2D eigenvalue weighted by molar-refractivity contribution is 5.24. The Hall–Kier alpha value is -0.920. The van der Waals surface area contributed by atoms with Crippen LogP contribution in [0.3, 0.4) is 0 Å². The highest BCUT2D eigenvalue weighted by Gasteiger charge is 2.23. The zero-order valence-corrected chi connectivity index (χ0v) is 13.0. The molecule has 0 saturated heterocycles. The van der Waals surface area contributed by atoms with Crippen molar-refractivity contribution in [1.82, 2.24) is 9.97 Å². The Balaban J connectivity index is 0.00000121. The number of aryl methyl sites for hydroxylation is 1. The molecule has 0 fully saturated rings. The standard InChI is InChI=1S/C13H22N2.C2H6/c1-9-8-14-11(13(5,6)7)15-10(9)12(2,3)4;1-2/h8H,1-7H3;1-2H3. The van der Waals surface area contributed by atoms with Crippen LogP contribution in [0.25, 0.3) is 0 Å². The summed E-state index contributed by atoms with van der Waals surface area (Å²) in [5, 5.41) is 0. The highest BCUT2D eigenvalue weighted by Crippen LogP contribution is 2.26. The minimum atomic E-state index is 0.0215. The van der Waals surface area contributed by atoms with E-state index < -0.39 is 0 Å². The lowest BCUT2D eigenvalue weighted by molar-refractivity contribution is 0.510. The lowest BCUT2D eigenvalue weighted by atomic mass is 9.88. The van der Waals surface area contributed by atoms with Gasteiger partial charge in [-0.05, 0) is 12.5 Å². The van der Waals surface area contributed by atoms with Gasteiger partial charge in [-0.1, -0.05) is 55.4 Å². The first-order valence-electron chi connectivity index (χ1n) is 6.47. The molecular weight excluding hydrogens is 208 g/mol. The third-order valence-electron chi connectivity index (χ3n) is 2.35. The van der Waals surface area contributed by atoms with Gasteiger partial charge >= 0.3 is 0 Å². The van der Waals surface area contributed by atoms with Crippen molar-refractivity contribution in [2.45, 2.75) is 73.1 Å². The first kappa shape index (κ1) is 16.1. The molecule has 0 amide bonds. The van der Waals surface area contributed by atoms with E-state index >= 15 is 0 Å². The smallest absolute Gasteiger partial charge is 0.133 e. The monoisotopic (exact) mass is 236 g/mol. The average Bonchev–Trinajstić information content (AvgIpc) is 2.17. The molecule has 0 N–H and O–H groups in total. The first-order chi connectivity index (χ1) is 7.62. The topological polar surface area (TPSA) is 25.8 Å². The lowest BCUT2D eigenvalue weighted by Gasteiger charge is -2.24. The van der Waals surface area contributed by atoms with E-state index in [1.165, 1.54) is 5.56 Å². The zero-order valence-electron chi connectivity index (χ0n) is 13.0. The van der Waals surface area contributed by atoms with Crippen molar-refractivity contribution in [3.8, 4) is 0 Å². The number of hydrogen-bond acceptors (Lipinski definition) is 2. The molecule has 17 heavy (non-hydrogen) atoms. The van der Waals surface area contributed by atoms with E-state index in [9.17, 15) is 0 Å². The molecule has 0 saturated carbocycles. The van der Waals surface area contributed by atoms with Crippen LogP contribution in [0.2, 0.25) is 0 Å². The Bertz CT molecular complexity index is 354. The van der Waals surface area contributed by atoms with E-state index in [1.807, 2.05) is 20.0 Å². The van der Waals surface area contributed by atoms with Crippen LogP contribution in [0.15, 0.2) is 6.20 Å². The van der Waals surface area contributed by atoms with E-state index in [4.69, 9.17) is 4.98 Å². The van der Waals surface area contributed by atoms with Gasteiger partial charge in [-0.2, -0.15) is 0 Å². The van der Waals surface area contributed by atoms with Crippen LogP contribution in [-0.2, 0) is 10.8 Å². The lowest BCUT2D eigenvalue weighted by Crippen LogP contribution is -2.22. The average molecular weight is 236 g/mol. The molecular formula is C15H28N2. The fourth-order valence-electron chi connectivity index (χ4n) is 1.56. The molecule has 0 radical (unpaired) electrons. The van der Waals surface area contributed by atoms with Crippen LogP contribution in [0.4, 0.5) is 0 Å². The van der Waals surface area contributed by atoms with Crippen molar-refractivity contribution >= 4 is 0 Å². The molecule has 1 rings (SSSR count). The molecule has 0 atom stereocenters. The van der Waals surface area contributed by atoms with Crippen molar-refractivity contribution in [3.63, 3.8) is 0 Å². The van der Waals surface area contributed by atoms with Crippen LogP contribution < -0.4 is 0 Å². The second-order valence-corrected chi connectivity index (χ2v) is 6.23. The predicted octanol–water partition coefficient (Wildman–Crippen LogP) is 4.41. The Morgan fingerprint density at radius 1 is 0.882 bits per heavy atom. The normalized spacial score (nSPS) is 11.8. The van der Waals surface area contributed by atoms with Crippen LogP contribution in [0.1, 0.15) is 72.5 Å². The molecule has 2 heteroatoms. The summed E-state index contributed by atoms with van der Waals surface area (Å²) in [7, 11) is 0. The molecule has 0 unspecified atom stereocenters. The molecule has 0 aliphatic heterocycles. The van der Waals surface area contributed by atoms with Crippen molar-refractivity contribution < 1.29 is 0 Å². The van der Waals surface area contributed by atoms with Gasteiger partial charge in [0.2, 0.25) is 0 Å². The maximum Gasteiger partial charge on any atom is 0.133 e. The van der Waals surface area contributed by atoms with E-state index in [0.717, 1.165) is 11.5 Å². The molecule has 98 valence electrons. The highest BCUT2D eigenvalue weighted by atomic mass is 14.9. The van der Waals surface area contributed by atoms with Gasteiger partial charge in [0, 0.05) is 17.0 Å². The van der Waals surface area contributed by atoms with E-state index in [0.29, 0.717) is 0 Å². The third kappa shape index (κ3) is 4.45. The molecule has 0 aliphatic rings. The van der Waals surface area contributed by atoms with Gasteiger partial charge in [-0.25, -0.2) is 9.97 Å². The summed E-state index contributed by atoms with van der Waals surface area (Å²) in [6.45, 7) is 19.1. The molecule has 1 aromatic heterocycles. The summed E-state index contributed by atoms with van der Waals surface area (Å²) in [4.78, 5) is 9.12. The quantitative estimate of drug-likeness (QED) is 0.667. The summed E-state index contributed by atoms with van der Waals surface area (Å²) in [6.07, 6.45) is 1.94. The second-order valence-electron chi connectivity index (χ2n) is 6.23. The Kier molecular flexibility index (Phi) is 5.31. The van der Waals surface area contributed by atoms with Gasteiger partial charge in [0.05, 0.1) is 5.69 Å². The molecule has 0 bridgehead atoms. The van der Waals surface area contributed by atoms with Crippen molar-refractivity contribution in [2.24, 2.45) is 0 Å². The zero-order chi connectivity index (χ0) is 13.9. The van der Waals surface area contributed by atoms with Crippen molar-refractivity contribution in [1.29, 1.82) is 0 Å². The van der Waals surface area contributed by atoms with E-state index in [-0.39, 0.29) is 10.8 Å². The molecule has 0 aromatic carbocycles. The molecule has 1 aromatic rings. The first-order valence-corrected chi connectivity index (χ1v) is 6.47. The Morgan fingerprint density at radius 3 is 1.71 bits per heavy atom. The van der Waals surface area contributed by atoms with Crippen LogP contribution in [-0.4, -0.2) is 9.97 Å². The summed E-state index contributed by atoms with van der Waals surface area (Å²) < 4.78 is 0. The molecule has 0 aliphatic carbocycles. The largest absolute Gasteiger partial charge is 0.241 e. The van der Waals surface area contributed by atoms with Crippen LogP contribution in [0.5, 0.6) is 0 Å². The maximum atomic E-state index is 4.70. The maximum absolute atomic E-state index is 4.70. The summed E-state index contributed by atoms with van der Waals surface area (Å²) in [6, 6.07) is 0. The van der Waals surface area contributed by atoms with Crippen molar-refractivity contribution in [2.75, 3.05) is 0 Å². The summed E-state index contributed by atoms with van der Waals surface area (Å²) in [5.41, 5.74) is 2.44. The molecule has 0 spiro atoms. The SMILES string of the molecule is CC.Cc1cnc(C(C)(C)C)nc1C(C)(C)C. The van der Waals surface area contributed by atoms with Gasteiger partial charge in [-0.15, -0.1) is 0 Å². The van der Waals surface area contributed by atoms with Gasteiger partial charge in [0.1, 0.15) is 5.82 Å². The van der Waals surface area contributed by atoms with Gasteiger partial charge in [0.25, 0.3) is 0 Å². The Morgan fingerprint density at radius 2 is 1.35 bits per heavy atom. The fourth-order valence-corrected chi connectivity index (χ4v) is 1.56. The van der Waals surface area contributed by atoms with Gasteiger partial charge in [-0.3, -0.25) is 0 Å².